The van der Waals surface area contributed by atoms with E-state index in [-0.39, 0.29) is 5.56 Å². The first-order valence-corrected chi connectivity index (χ1v) is 4.98. The molecule has 0 bridgehead atoms. The Bertz CT molecular complexity index is 421. The number of alkyl halides is 2. The number of rotatable bonds is 4. The predicted molar refractivity (Wildman–Crippen MR) is 57.5 cm³/mol. The van der Waals surface area contributed by atoms with Gasteiger partial charge in [0.25, 0.3) is 11.8 Å². The van der Waals surface area contributed by atoms with Crippen molar-refractivity contribution in [2.24, 2.45) is 5.73 Å². The molecule has 0 aliphatic rings. The number of aryl methyl sites for hydroxylation is 1. The molecule has 0 saturated carbocycles. The van der Waals surface area contributed by atoms with Crippen molar-refractivity contribution >= 4 is 5.91 Å². The second-order valence-electron chi connectivity index (χ2n) is 3.70. The Morgan fingerprint density at radius 2 is 2.12 bits per heavy atom. The van der Waals surface area contributed by atoms with Gasteiger partial charge in [0.15, 0.2) is 0 Å². The number of hydrogen-bond acceptors (Lipinski definition) is 2. The molecule has 0 unspecified atom stereocenters. The Hall–Kier alpha value is -1.56. The number of carbonyl (C=O) groups excluding carboxylic acids is 1. The topological polar surface area (TPSA) is 55.1 Å². The van der Waals surface area contributed by atoms with Gasteiger partial charge in [-0.15, -0.1) is 0 Å². The summed E-state index contributed by atoms with van der Waals surface area (Å²) in [4.78, 5) is 11.5. The van der Waals surface area contributed by atoms with E-state index in [1.54, 1.807) is 0 Å². The third-order valence-electron chi connectivity index (χ3n) is 2.24. The lowest BCUT2D eigenvalue weighted by Gasteiger charge is -2.15. The number of amides is 1. The number of halogens is 3. The second kappa shape index (κ2) is 5.18. The van der Waals surface area contributed by atoms with Gasteiger partial charge < -0.3 is 11.1 Å². The minimum atomic E-state index is -3.14. The zero-order chi connectivity index (χ0) is 13.1. The average molecular weight is 246 g/mol. The SMILES string of the molecule is Cc1cc(F)ccc1C(=O)NCC(F)(F)CN. The summed E-state index contributed by atoms with van der Waals surface area (Å²) in [6.07, 6.45) is 0. The number of benzene rings is 1. The monoisotopic (exact) mass is 246 g/mol. The van der Waals surface area contributed by atoms with Crippen molar-refractivity contribution in [2.45, 2.75) is 12.8 Å². The standard InChI is InChI=1S/C11H13F3N2O/c1-7-4-8(12)2-3-9(7)10(17)16-6-11(13,14)5-15/h2-4H,5-6,15H2,1H3,(H,16,17). The molecule has 0 radical (unpaired) electrons. The van der Waals surface area contributed by atoms with Crippen molar-refractivity contribution in [3.63, 3.8) is 0 Å². The third kappa shape index (κ3) is 3.74. The predicted octanol–water partition coefficient (Wildman–Crippen LogP) is 1.46. The Balaban J connectivity index is 2.71. The summed E-state index contributed by atoms with van der Waals surface area (Å²) in [7, 11) is 0. The van der Waals surface area contributed by atoms with Crippen molar-refractivity contribution in [3.05, 3.63) is 35.1 Å². The fourth-order valence-corrected chi connectivity index (χ4v) is 1.26. The van der Waals surface area contributed by atoms with Crippen molar-refractivity contribution in [2.75, 3.05) is 13.1 Å². The lowest BCUT2D eigenvalue weighted by molar-refractivity contribution is 0.0118. The maximum absolute atomic E-state index is 12.8. The van der Waals surface area contributed by atoms with Crippen LogP contribution < -0.4 is 11.1 Å². The molecule has 1 aromatic carbocycles. The normalized spacial score (nSPS) is 11.4. The molecule has 0 saturated heterocycles. The molecule has 17 heavy (non-hydrogen) atoms. The van der Waals surface area contributed by atoms with Crippen LogP contribution in [0, 0.1) is 12.7 Å². The van der Waals surface area contributed by atoms with E-state index in [2.05, 4.69) is 5.32 Å². The highest BCUT2D eigenvalue weighted by Gasteiger charge is 2.27. The maximum atomic E-state index is 12.8. The number of carbonyl (C=O) groups is 1. The van der Waals surface area contributed by atoms with Gasteiger partial charge >= 0.3 is 0 Å². The zero-order valence-corrected chi connectivity index (χ0v) is 9.27. The van der Waals surface area contributed by atoms with Gasteiger partial charge in [-0.05, 0) is 30.7 Å². The van der Waals surface area contributed by atoms with E-state index in [4.69, 9.17) is 5.73 Å². The van der Waals surface area contributed by atoms with Crippen LogP contribution in [0.3, 0.4) is 0 Å². The molecule has 94 valence electrons. The van der Waals surface area contributed by atoms with E-state index in [1.807, 2.05) is 0 Å². The largest absolute Gasteiger partial charge is 0.346 e. The van der Waals surface area contributed by atoms with Crippen LogP contribution in [0.1, 0.15) is 15.9 Å². The van der Waals surface area contributed by atoms with Crippen molar-refractivity contribution < 1.29 is 18.0 Å². The van der Waals surface area contributed by atoms with Gasteiger partial charge in [-0.2, -0.15) is 0 Å². The summed E-state index contributed by atoms with van der Waals surface area (Å²) in [5.74, 6) is -4.29. The second-order valence-corrected chi connectivity index (χ2v) is 3.70. The van der Waals surface area contributed by atoms with Crippen molar-refractivity contribution in [1.82, 2.24) is 5.32 Å². The number of nitrogens with two attached hydrogens (primary N) is 1. The summed E-state index contributed by atoms with van der Waals surface area (Å²) in [6.45, 7) is -0.145. The molecule has 0 aliphatic heterocycles. The highest BCUT2D eigenvalue weighted by Crippen LogP contribution is 2.12. The Morgan fingerprint density at radius 1 is 1.47 bits per heavy atom. The molecule has 1 aromatic rings. The molecule has 3 nitrogen and oxygen atoms in total. The van der Waals surface area contributed by atoms with E-state index >= 15 is 0 Å². The fraction of sp³-hybridized carbons (Fsp3) is 0.364. The van der Waals surface area contributed by atoms with E-state index in [0.29, 0.717) is 5.56 Å². The van der Waals surface area contributed by atoms with Gasteiger partial charge in [0, 0.05) is 5.56 Å². The molecule has 1 amide bonds. The van der Waals surface area contributed by atoms with Gasteiger partial charge in [-0.3, -0.25) is 4.79 Å². The molecule has 0 atom stereocenters. The van der Waals surface area contributed by atoms with Crippen molar-refractivity contribution in [3.8, 4) is 0 Å². The Morgan fingerprint density at radius 3 is 2.65 bits per heavy atom. The Labute approximate surface area is 96.8 Å². The van der Waals surface area contributed by atoms with Gasteiger partial charge in [0.05, 0.1) is 13.1 Å². The van der Waals surface area contributed by atoms with Gasteiger partial charge in [-0.1, -0.05) is 0 Å². The van der Waals surface area contributed by atoms with Crippen LogP contribution >= 0.6 is 0 Å². The minimum absolute atomic E-state index is 0.166. The maximum Gasteiger partial charge on any atom is 0.277 e. The number of hydrogen-bond donors (Lipinski definition) is 2. The van der Waals surface area contributed by atoms with Crippen LogP contribution in [0.25, 0.3) is 0 Å². The van der Waals surface area contributed by atoms with Crippen LogP contribution in [0.4, 0.5) is 13.2 Å². The van der Waals surface area contributed by atoms with Crippen LogP contribution in [0.2, 0.25) is 0 Å². The lowest BCUT2D eigenvalue weighted by Crippen LogP contribution is -2.41. The first-order valence-electron chi connectivity index (χ1n) is 4.98. The van der Waals surface area contributed by atoms with E-state index in [9.17, 15) is 18.0 Å². The smallest absolute Gasteiger partial charge is 0.277 e. The summed E-state index contributed by atoms with van der Waals surface area (Å²) in [6, 6.07) is 3.51. The summed E-state index contributed by atoms with van der Waals surface area (Å²) in [5.41, 5.74) is 5.38. The van der Waals surface area contributed by atoms with Gasteiger partial charge in [0.1, 0.15) is 5.82 Å². The highest BCUT2D eigenvalue weighted by molar-refractivity contribution is 5.95. The summed E-state index contributed by atoms with van der Waals surface area (Å²) in [5, 5.41) is 2.06. The average Bonchev–Trinajstić information content (AvgIpc) is 2.26. The molecule has 6 heteroatoms. The molecule has 0 fully saturated rings. The molecule has 0 aliphatic carbocycles. The minimum Gasteiger partial charge on any atom is -0.346 e. The molecule has 0 spiro atoms. The van der Waals surface area contributed by atoms with Crippen LogP contribution in [0.15, 0.2) is 18.2 Å². The highest BCUT2D eigenvalue weighted by atomic mass is 19.3. The number of nitrogens with one attached hydrogen (secondary N) is 1. The zero-order valence-electron chi connectivity index (χ0n) is 9.27. The van der Waals surface area contributed by atoms with Crippen LogP contribution in [-0.2, 0) is 0 Å². The van der Waals surface area contributed by atoms with E-state index in [1.165, 1.54) is 13.0 Å². The molecular weight excluding hydrogens is 233 g/mol. The van der Waals surface area contributed by atoms with Crippen LogP contribution in [0.5, 0.6) is 0 Å². The molecule has 1 rings (SSSR count). The lowest BCUT2D eigenvalue weighted by atomic mass is 10.1. The first kappa shape index (κ1) is 13.5. The van der Waals surface area contributed by atoms with Crippen molar-refractivity contribution in [1.29, 1.82) is 0 Å². The summed E-state index contributed by atoms with van der Waals surface area (Å²) < 4.78 is 38.4. The van der Waals surface area contributed by atoms with E-state index in [0.717, 1.165) is 12.1 Å². The quantitative estimate of drug-likeness (QED) is 0.845. The van der Waals surface area contributed by atoms with Gasteiger partial charge in [-0.25, -0.2) is 13.2 Å². The fourth-order valence-electron chi connectivity index (χ4n) is 1.26. The first-order chi connectivity index (χ1) is 7.85. The molecule has 0 heterocycles. The molecule has 0 aromatic heterocycles. The Kier molecular flexibility index (Phi) is 4.11. The van der Waals surface area contributed by atoms with E-state index < -0.39 is 30.7 Å². The summed E-state index contributed by atoms with van der Waals surface area (Å²) >= 11 is 0. The molecular formula is C11H13F3N2O. The third-order valence-corrected chi connectivity index (χ3v) is 2.24. The van der Waals surface area contributed by atoms with Crippen LogP contribution in [-0.4, -0.2) is 24.9 Å². The molecule has 3 N–H and O–H groups in total. The van der Waals surface area contributed by atoms with Gasteiger partial charge in [0.2, 0.25) is 0 Å².